The molecule has 2 fully saturated rings. The third-order valence-corrected chi connectivity index (χ3v) is 4.04. The number of fused-ring (bicyclic) bond motifs is 1. The highest BCUT2D eigenvalue weighted by Gasteiger charge is 2.34. The van der Waals surface area contributed by atoms with Crippen LogP contribution in [0.3, 0.4) is 0 Å². The molecule has 0 aromatic rings. The second-order valence-corrected chi connectivity index (χ2v) is 5.46. The molecule has 3 unspecified atom stereocenters. The minimum atomic E-state index is 0.627. The van der Waals surface area contributed by atoms with Crippen LogP contribution in [0.25, 0.3) is 0 Å². The van der Waals surface area contributed by atoms with E-state index in [-0.39, 0.29) is 0 Å². The second-order valence-electron chi connectivity index (χ2n) is 5.46. The number of hydrogen-bond donors (Lipinski definition) is 1. The minimum absolute atomic E-state index is 0.627. The highest BCUT2D eigenvalue weighted by Crippen LogP contribution is 2.27. The molecule has 2 saturated heterocycles. The van der Waals surface area contributed by atoms with Gasteiger partial charge in [0, 0.05) is 38.9 Å². The predicted octanol–water partition coefficient (Wildman–Crippen LogP) is 1.49. The van der Waals surface area contributed by atoms with E-state index in [0.29, 0.717) is 5.92 Å². The molecule has 2 rings (SSSR count). The van der Waals surface area contributed by atoms with Crippen LogP contribution >= 0.6 is 0 Å². The highest BCUT2D eigenvalue weighted by atomic mass is 16.5. The number of rotatable bonds is 5. The van der Waals surface area contributed by atoms with Crippen molar-refractivity contribution in [2.75, 3.05) is 33.4 Å². The van der Waals surface area contributed by atoms with Gasteiger partial charge in [0.25, 0.3) is 0 Å². The molecule has 0 spiro atoms. The molecule has 0 amide bonds. The fraction of sp³-hybridized carbons (Fsp3) is 1.00. The first-order valence-electron chi connectivity index (χ1n) is 6.77. The summed E-state index contributed by atoms with van der Waals surface area (Å²) in [6.07, 6.45) is 5.57. The Kier molecular flexibility index (Phi) is 4.62. The second kappa shape index (κ2) is 5.99. The summed E-state index contributed by atoms with van der Waals surface area (Å²) < 4.78 is 5.18. The van der Waals surface area contributed by atoms with Gasteiger partial charge < -0.3 is 10.1 Å². The maximum atomic E-state index is 5.18. The normalized spacial score (nSPS) is 32.6. The highest BCUT2D eigenvalue weighted by molar-refractivity contribution is 4.93. The van der Waals surface area contributed by atoms with Gasteiger partial charge in [0.15, 0.2) is 0 Å². The minimum Gasteiger partial charge on any atom is -0.384 e. The number of nitrogens with zero attached hydrogens (tertiary/aromatic N) is 1. The van der Waals surface area contributed by atoms with Gasteiger partial charge in [-0.2, -0.15) is 0 Å². The molecule has 3 heteroatoms. The summed E-state index contributed by atoms with van der Waals surface area (Å²) in [5.41, 5.74) is 0. The van der Waals surface area contributed by atoms with Crippen molar-refractivity contribution in [3.63, 3.8) is 0 Å². The largest absolute Gasteiger partial charge is 0.384 e. The van der Waals surface area contributed by atoms with E-state index in [4.69, 9.17) is 4.74 Å². The lowest BCUT2D eigenvalue weighted by Gasteiger charge is -2.33. The molecule has 2 heterocycles. The lowest BCUT2D eigenvalue weighted by molar-refractivity contribution is 0.149. The van der Waals surface area contributed by atoms with Crippen molar-refractivity contribution >= 4 is 0 Å². The zero-order chi connectivity index (χ0) is 11.4. The summed E-state index contributed by atoms with van der Waals surface area (Å²) in [4.78, 5) is 2.68. The number of nitrogens with one attached hydrogen (secondary N) is 1. The van der Waals surface area contributed by atoms with Gasteiger partial charge in [0.1, 0.15) is 0 Å². The maximum Gasteiger partial charge on any atom is 0.0499 e. The Morgan fingerprint density at radius 2 is 2.19 bits per heavy atom. The van der Waals surface area contributed by atoms with Gasteiger partial charge in [-0.3, -0.25) is 4.90 Å². The topological polar surface area (TPSA) is 24.5 Å². The van der Waals surface area contributed by atoms with Crippen molar-refractivity contribution in [2.45, 2.75) is 44.7 Å². The van der Waals surface area contributed by atoms with Gasteiger partial charge in [0.2, 0.25) is 0 Å². The molecule has 0 saturated carbocycles. The molecule has 0 aromatic heterocycles. The Bertz CT molecular complexity index is 210. The Hall–Kier alpha value is -0.120. The molecular formula is C13H26N2O. The summed E-state index contributed by atoms with van der Waals surface area (Å²) in [7, 11) is 1.79. The van der Waals surface area contributed by atoms with Crippen molar-refractivity contribution in [3.8, 4) is 0 Å². The maximum absolute atomic E-state index is 5.18. The summed E-state index contributed by atoms with van der Waals surface area (Å²) in [5.74, 6) is 0.627. The monoisotopic (exact) mass is 226 g/mol. The Morgan fingerprint density at radius 3 is 3.00 bits per heavy atom. The van der Waals surface area contributed by atoms with E-state index in [2.05, 4.69) is 17.1 Å². The smallest absolute Gasteiger partial charge is 0.0499 e. The quantitative estimate of drug-likeness (QED) is 0.768. The zero-order valence-electron chi connectivity index (χ0n) is 10.7. The van der Waals surface area contributed by atoms with E-state index in [1.54, 1.807) is 7.11 Å². The van der Waals surface area contributed by atoms with Crippen molar-refractivity contribution < 1.29 is 4.74 Å². The molecule has 94 valence electrons. The molecule has 1 N–H and O–H groups in total. The molecule has 16 heavy (non-hydrogen) atoms. The van der Waals surface area contributed by atoms with E-state index < -0.39 is 0 Å². The average Bonchev–Trinajstić information content (AvgIpc) is 2.70. The van der Waals surface area contributed by atoms with Crippen LogP contribution < -0.4 is 5.32 Å². The van der Waals surface area contributed by atoms with E-state index in [9.17, 15) is 0 Å². The van der Waals surface area contributed by atoms with Crippen molar-refractivity contribution in [2.24, 2.45) is 5.92 Å². The van der Waals surface area contributed by atoms with Gasteiger partial charge in [-0.25, -0.2) is 0 Å². The summed E-state index contributed by atoms with van der Waals surface area (Å²) in [5, 5.41) is 3.74. The molecular weight excluding hydrogens is 200 g/mol. The van der Waals surface area contributed by atoms with Crippen LogP contribution in [0.2, 0.25) is 0 Å². The van der Waals surface area contributed by atoms with Crippen LogP contribution in [-0.2, 0) is 4.74 Å². The standard InChI is InChI=1S/C13H26N2O/c1-11(10-16-2)9-14-12-6-8-15-7-4-3-5-13(12)15/h11-14H,3-10H2,1-2H3. The molecule has 0 aliphatic carbocycles. The number of piperidine rings is 1. The number of ether oxygens (including phenoxy) is 1. The van der Waals surface area contributed by atoms with Gasteiger partial charge >= 0.3 is 0 Å². The molecule has 3 nitrogen and oxygen atoms in total. The summed E-state index contributed by atoms with van der Waals surface area (Å²) in [6.45, 7) is 6.86. The fourth-order valence-corrected chi connectivity index (χ4v) is 3.18. The first-order valence-corrected chi connectivity index (χ1v) is 6.77. The van der Waals surface area contributed by atoms with Crippen molar-refractivity contribution in [1.82, 2.24) is 10.2 Å². The molecule has 0 radical (unpaired) electrons. The van der Waals surface area contributed by atoms with Crippen LogP contribution in [0.1, 0.15) is 32.6 Å². The van der Waals surface area contributed by atoms with Gasteiger partial charge in [-0.15, -0.1) is 0 Å². The third-order valence-electron chi connectivity index (χ3n) is 4.04. The van der Waals surface area contributed by atoms with Crippen LogP contribution in [0.5, 0.6) is 0 Å². The molecule has 0 bridgehead atoms. The first kappa shape index (κ1) is 12.3. The molecule has 2 aliphatic heterocycles. The lowest BCUT2D eigenvalue weighted by atomic mass is 9.98. The summed E-state index contributed by atoms with van der Waals surface area (Å²) >= 11 is 0. The molecule has 0 aromatic carbocycles. The molecule has 3 atom stereocenters. The van der Waals surface area contributed by atoms with E-state index in [1.165, 1.54) is 38.8 Å². The van der Waals surface area contributed by atoms with Crippen molar-refractivity contribution in [3.05, 3.63) is 0 Å². The van der Waals surface area contributed by atoms with E-state index in [0.717, 1.165) is 25.2 Å². The average molecular weight is 226 g/mol. The third kappa shape index (κ3) is 2.96. The van der Waals surface area contributed by atoms with Gasteiger partial charge in [0.05, 0.1) is 0 Å². The zero-order valence-corrected chi connectivity index (χ0v) is 10.7. The number of hydrogen-bond acceptors (Lipinski definition) is 3. The van der Waals surface area contributed by atoms with Gasteiger partial charge in [-0.1, -0.05) is 13.3 Å². The Morgan fingerprint density at radius 1 is 1.31 bits per heavy atom. The number of methoxy groups -OCH3 is 1. The van der Waals surface area contributed by atoms with E-state index >= 15 is 0 Å². The lowest BCUT2D eigenvalue weighted by Crippen LogP contribution is -2.46. The molecule has 2 aliphatic rings. The predicted molar refractivity (Wildman–Crippen MR) is 66.7 cm³/mol. The Balaban J connectivity index is 1.73. The van der Waals surface area contributed by atoms with E-state index in [1.807, 2.05) is 0 Å². The Labute approximate surface area is 99.5 Å². The van der Waals surface area contributed by atoms with Crippen molar-refractivity contribution in [1.29, 1.82) is 0 Å². The summed E-state index contributed by atoms with van der Waals surface area (Å²) in [6, 6.07) is 1.56. The fourth-order valence-electron chi connectivity index (χ4n) is 3.18. The van der Waals surface area contributed by atoms with Crippen LogP contribution in [0.4, 0.5) is 0 Å². The van der Waals surface area contributed by atoms with Gasteiger partial charge in [-0.05, 0) is 31.7 Å². The van der Waals surface area contributed by atoms with Crippen LogP contribution in [-0.4, -0.2) is 50.3 Å². The van der Waals surface area contributed by atoms with Crippen LogP contribution in [0, 0.1) is 5.92 Å². The first-order chi connectivity index (χ1) is 7.81. The van der Waals surface area contributed by atoms with Crippen LogP contribution in [0.15, 0.2) is 0 Å². The SMILES string of the molecule is COCC(C)CNC1CCN2CCCCC12.